The van der Waals surface area contributed by atoms with Gasteiger partial charge in [-0.15, -0.1) is 0 Å². The topological polar surface area (TPSA) is 50.4 Å². The molecule has 0 fully saturated rings. The van der Waals surface area contributed by atoms with Gasteiger partial charge in [-0.2, -0.15) is 0 Å². The number of carbonyl (C=O) groups excluding carboxylic acids is 1. The summed E-state index contributed by atoms with van der Waals surface area (Å²) in [5.41, 5.74) is 0.907. The zero-order chi connectivity index (χ0) is 14.3. The first-order valence-electron chi connectivity index (χ1n) is 6.03. The van der Waals surface area contributed by atoms with Gasteiger partial charge in [0.2, 0.25) is 5.91 Å². The molecule has 1 rings (SSSR count). The van der Waals surface area contributed by atoms with E-state index in [1.165, 1.54) is 0 Å². The number of ether oxygens (including phenoxy) is 1. The third-order valence-electron chi connectivity index (χ3n) is 2.52. The molecule has 0 bridgehead atoms. The van der Waals surface area contributed by atoms with Gasteiger partial charge in [-0.05, 0) is 54.1 Å². The Kier molecular flexibility index (Phi) is 7.48. The molecule has 1 atom stereocenters. The van der Waals surface area contributed by atoms with Crippen LogP contribution in [0.5, 0.6) is 0 Å². The van der Waals surface area contributed by atoms with Gasteiger partial charge < -0.3 is 15.4 Å². The molecule has 0 saturated heterocycles. The van der Waals surface area contributed by atoms with E-state index in [4.69, 9.17) is 16.3 Å². The van der Waals surface area contributed by atoms with Crippen molar-refractivity contribution in [3.8, 4) is 0 Å². The first-order chi connectivity index (χ1) is 9.04. The number of rotatable bonds is 7. The lowest BCUT2D eigenvalue weighted by Crippen LogP contribution is -2.38. The average Bonchev–Trinajstić information content (AvgIpc) is 2.37. The summed E-state index contributed by atoms with van der Waals surface area (Å²) >= 11 is 8.08. The Balaban J connectivity index is 2.45. The summed E-state index contributed by atoms with van der Waals surface area (Å²) in [6.07, 6.45) is 0.813. The summed E-state index contributed by atoms with van der Waals surface area (Å²) in [4.78, 5) is 11.8. The maximum atomic E-state index is 11.8. The molecule has 0 aliphatic heterocycles. The molecule has 106 valence electrons. The highest BCUT2D eigenvalue weighted by atomic mass is 127. The van der Waals surface area contributed by atoms with Crippen molar-refractivity contribution in [2.45, 2.75) is 19.4 Å². The molecular formula is C13H18ClIN2O2. The van der Waals surface area contributed by atoms with E-state index in [9.17, 15) is 4.79 Å². The average molecular weight is 397 g/mol. The largest absolute Gasteiger partial charge is 0.385 e. The summed E-state index contributed by atoms with van der Waals surface area (Å²) < 4.78 is 5.92. The molecule has 0 saturated carbocycles. The third-order valence-corrected chi connectivity index (χ3v) is 3.65. The van der Waals surface area contributed by atoms with Gasteiger partial charge in [0.25, 0.3) is 0 Å². The molecular weight excluding hydrogens is 379 g/mol. The van der Waals surface area contributed by atoms with E-state index in [1.807, 2.05) is 19.1 Å². The van der Waals surface area contributed by atoms with Gasteiger partial charge in [0.15, 0.2) is 0 Å². The highest BCUT2D eigenvalue weighted by Gasteiger charge is 2.13. The van der Waals surface area contributed by atoms with E-state index >= 15 is 0 Å². The number of hydrogen-bond donors (Lipinski definition) is 2. The number of amides is 1. The molecule has 0 spiro atoms. The monoisotopic (exact) mass is 396 g/mol. The van der Waals surface area contributed by atoms with Crippen LogP contribution in [0.3, 0.4) is 0 Å². The summed E-state index contributed by atoms with van der Waals surface area (Å²) in [6.45, 7) is 3.10. The van der Waals surface area contributed by atoms with Crippen molar-refractivity contribution in [1.82, 2.24) is 5.32 Å². The van der Waals surface area contributed by atoms with Crippen LogP contribution < -0.4 is 10.6 Å². The van der Waals surface area contributed by atoms with Crippen molar-refractivity contribution in [2.75, 3.05) is 25.6 Å². The Morgan fingerprint density at radius 3 is 2.89 bits per heavy atom. The van der Waals surface area contributed by atoms with Gasteiger partial charge >= 0.3 is 0 Å². The number of benzene rings is 1. The molecule has 19 heavy (non-hydrogen) atoms. The molecule has 6 heteroatoms. The predicted molar refractivity (Wildman–Crippen MR) is 86.8 cm³/mol. The number of carbonyl (C=O) groups is 1. The van der Waals surface area contributed by atoms with Crippen LogP contribution in [0, 0.1) is 3.57 Å². The zero-order valence-electron chi connectivity index (χ0n) is 11.0. The summed E-state index contributed by atoms with van der Waals surface area (Å²) in [5.74, 6) is -0.0261. The lowest BCUT2D eigenvalue weighted by atomic mass is 10.2. The number of hydrogen-bond acceptors (Lipinski definition) is 3. The molecule has 1 aromatic rings. The number of nitrogens with one attached hydrogen (secondary N) is 2. The van der Waals surface area contributed by atoms with Crippen molar-refractivity contribution in [1.29, 1.82) is 0 Å². The fourth-order valence-electron chi connectivity index (χ4n) is 1.49. The SMILES string of the molecule is COCCCNC(=O)C(C)Nc1ccc(Cl)cc1I. The van der Waals surface area contributed by atoms with E-state index in [0.717, 1.165) is 15.7 Å². The van der Waals surface area contributed by atoms with E-state index in [1.54, 1.807) is 13.2 Å². The summed E-state index contributed by atoms with van der Waals surface area (Å²) in [7, 11) is 1.65. The fraction of sp³-hybridized carbons (Fsp3) is 0.462. The van der Waals surface area contributed by atoms with Crippen molar-refractivity contribution in [3.63, 3.8) is 0 Å². The summed E-state index contributed by atoms with van der Waals surface area (Å²) in [5, 5.41) is 6.71. The van der Waals surface area contributed by atoms with Crippen LogP contribution in [0.25, 0.3) is 0 Å². The number of halogens is 2. The highest BCUT2D eigenvalue weighted by Crippen LogP contribution is 2.22. The van der Waals surface area contributed by atoms with Gasteiger partial charge in [0.05, 0.1) is 0 Å². The normalized spacial score (nSPS) is 12.0. The Bertz CT molecular complexity index is 429. The van der Waals surface area contributed by atoms with Crippen LogP contribution in [0.4, 0.5) is 5.69 Å². The molecule has 2 N–H and O–H groups in total. The highest BCUT2D eigenvalue weighted by molar-refractivity contribution is 14.1. The third kappa shape index (κ3) is 5.97. The standard InChI is InChI=1S/C13H18ClIN2O2/c1-9(13(18)16-6-3-7-19-2)17-12-5-4-10(14)8-11(12)15/h4-5,8-9,17H,3,6-7H2,1-2H3,(H,16,18). The minimum Gasteiger partial charge on any atom is -0.385 e. The maximum Gasteiger partial charge on any atom is 0.242 e. The molecule has 0 radical (unpaired) electrons. The molecule has 0 aliphatic rings. The Morgan fingerprint density at radius 1 is 1.53 bits per heavy atom. The second-order valence-electron chi connectivity index (χ2n) is 4.13. The van der Waals surface area contributed by atoms with Crippen LogP contribution in [-0.2, 0) is 9.53 Å². The van der Waals surface area contributed by atoms with Gasteiger partial charge in [-0.3, -0.25) is 4.79 Å². The molecule has 1 aromatic carbocycles. The van der Waals surface area contributed by atoms with Gasteiger partial charge in [0.1, 0.15) is 6.04 Å². The quantitative estimate of drug-likeness (QED) is 0.550. The molecule has 4 nitrogen and oxygen atoms in total. The van der Waals surface area contributed by atoms with E-state index in [-0.39, 0.29) is 11.9 Å². The smallest absolute Gasteiger partial charge is 0.242 e. The summed E-state index contributed by atoms with van der Waals surface area (Å²) in [6, 6.07) is 5.24. The van der Waals surface area contributed by atoms with Gasteiger partial charge in [-0.25, -0.2) is 0 Å². The Morgan fingerprint density at radius 2 is 2.26 bits per heavy atom. The lowest BCUT2D eigenvalue weighted by molar-refractivity contribution is -0.121. The second-order valence-corrected chi connectivity index (χ2v) is 5.73. The number of anilines is 1. The van der Waals surface area contributed by atoms with Crippen LogP contribution in [0.2, 0.25) is 5.02 Å². The van der Waals surface area contributed by atoms with E-state index < -0.39 is 0 Å². The van der Waals surface area contributed by atoms with Crippen LogP contribution >= 0.6 is 34.2 Å². The van der Waals surface area contributed by atoms with Crippen molar-refractivity contribution < 1.29 is 9.53 Å². The van der Waals surface area contributed by atoms with Gasteiger partial charge in [0, 0.05) is 34.5 Å². The molecule has 1 amide bonds. The molecule has 0 aromatic heterocycles. The predicted octanol–water partition coefficient (Wildman–Crippen LogP) is 2.90. The molecule has 0 aliphatic carbocycles. The van der Waals surface area contributed by atoms with Crippen molar-refractivity contribution >= 4 is 45.8 Å². The molecule has 1 unspecified atom stereocenters. The minimum atomic E-state index is -0.294. The number of methoxy groups -OCH3 is 1. The second kappa shape index (κ2) is 8.60. The lowest BCUT2D eigenvalue weighted by Gasteiger charge is -2.16. The van der Waals surface area contributed by atoms with E-state index in [2.05, 4.69) is 33.2 Å². The first kappa shape index (κ1) is 16.5. The fourth-order valence-corrected chi connectivity index (χ4v) is 2.51. The minimum absolute atomic E-state index is 0.0261. The van der Waals surface area contributed by atoms with Crippen LogP contribution in [-0.4, -0.2) is 32.2 Å². The van der Waals surface area contributed by atoms with Crippen molar-refractivity contribution in [2.24, 2.45) is 0 Å². The van der Waals surface area contributed by atoms with Gasteiger partial charge in [-0.1, -0.05) is 11.6 Å². The Hall–Kier alpha value is -0.530. The van der Waals surface area contributed by atoms with Crippen molar-refractivity contribution in [3.05, 3.63) is 26.8 Å². The Labute approximate surface area is 132 Å². The zero-order valence-corrected chi connectivity index (χ0v) is 13.9. The van der Waals surface area contributed by atoms with Crippen LogP contribution in [0.1, 0.15) is 13.3 Å². The maximum absolute atomic E-state index is 11.8. The van der Waals surface area contributed by atoms with E-state index in [0.29, 0.717) is 18.2 Å². The first-order valence-corrected chi connectivity index (χ1v) is 7.48. The molecule has 0 heterocycles. The van der Waals surface area contributed by atoms with Crippen LogP contribution in [0.15, 0.2) is 18.2 Å².